The maximum absolute atomic E-state index is 5.88. The van der Waals surface area contributed by atoms with Crippen LogP contribution in [0, 0.1) is 11.8 Å². The molecule has 0 atom stereocenters. The van der Waals surface area contributed by atoms with Crippen LogP contribution in [0.2, 0.25) is 5.02 Å². The van der Waals surface area contributed by atoms with Gasteiger partial charge in [0, 0.05) is 0 Å². The second-order valence-electron chi connectivity index (χ2n) is 5.56. The molecule has 0 spiro atoms. The third-order valence-corrected chi connectivity index (χ3v) is 3.48. The number of halogens is 1. The second-order valence-corrected chi connectivity index (χ2v) is 6.77. The van der Waals surface area contributed by atoms with Gasteiger partial charge in [-0.1, -0.05) is 0 Å². The molecule has 0 heterocycles. The second kappa shape index (κ2) is 7.94. The van der Waals surface area contributed by atoms with Gasteiger partial charge in [-0.05, 0) is 0 Å². The molecule has 0 aromatic heterocycles. The molecule has 0 aliphatic rings. The molecule has 0 amide bonds. The van der Waals surface area contributed by atoms with Crippen LogP contribution in [0.4, 0.5) is 5.69 Å². The van der Waals surface area contributed by atoms with Gasteiger partial charge < -0.3 is 0 Å². The Morgan fingerprint density at radius 3 is 2.00 bits per heavy atom. The summed E-state index contributed by atoms with van der Waals surface area (Å²) < 4.78 is 0.949. The van der Waals surface area contributed by atoms with E-state index in [4.69, 9.17) is 11.6 Å². The molecule has 1 radical (unpaired) electrons. The van der Waals surface area contributed by atoms with E-state index in [1.807, 2.05) is 24.3 Å². The van der Waals surface area contributed by atoms with Crippen molar-refractivity contribution in [1.29, 1.82) is 0 Å². The molecular formula is C15H22ClN2Se. The zero-order valence-corrected chi connectivity index (χ0v) is 14.5. The zero-order chi connectivity index (χ0) is 14.4. The SMILES string of the molecule is CC(C)CN(CC(C)C)C([Se])=Nc1ccc(Cl)cc1. The number of benzene rings is 1. The zero-order valence-electron chi connectivity index (χ0n) is 12.1. The van der Waals surface area contributed by atoms with Gasteiger partial charge in [-0.15, -0.1) is 0 Å². The quantitative estimate of drug-likeness (QED) is 0.446. The van der Waals surface area contributed by atoms with E-state index < -0.39 is 0 Å². The predicted molar refractivity (Wildman–Crippen MR) is 85.6 cm³/mol. The Morgan fingerprint density at radius 2 is 1.58 bits per heavy atom. The van der Waals surface area contributed by atoms with E-state index in [9.17, 15) is 0 Å². The first-order chi connectivity index (χ1) is 8.88. The van der Waals surface area contributed by atoms with Gasteiger partial charge in [-0.3, -0.25) is 0 Å². The van der Waals surface area contributed by atoms with Crippen molar-refractivity contribution in [3.8, 4) is 0 Å². The monoisotopic (exact) mass is 345 g/mol. The Morgan fingerprint density at radius 1 is 1.11 bits per heavy atom. The summed E-state index contributed by atoms with van der Waals surface area (Å²) in [7, 11) is 0. The predicted octanol–water partition coefficient (Wildman–Crippen LogP) is 4.11. The fourth-order valence-electron chi connectivity index (χ4n) is 1.81. The van der Waals surface area contributed by atoms with Crippen molar-refractivity contribution in [1.82, 2.24) is 4.90 Å². The molecule has 0 unspecified atom stereocenters. The van der Waals surface area contributed by atoms with E-state index in [1.54, 1.807) is 0 Å². The van der Waals surface area contributed by atoms with E-state index in [-0.39, 0.29) is 0 Å². The average Bonchev–Trinajstić information content (AvgIpc) is 2.30. The first-order valence-electron chi connectivity index (χ1n) is 6.64. The van der Waals surface area contributed by atoms with E-state index in [2.05, 4.69) is 53.6 Å². The minimum atomic E-state index is 0.613. The van der Waals surface area contributed by atoms with Crippen LogP contribution in [-0.2, 0) is 0 Å². The van der Waals surface area contributed by atoms with Crippen LogP contribution in [0.25, 0.3) is 0 Å². The Balaban J connectivity index is 2.84. The van der Waals surface area contributed by atoms with Crippen molar-refractivity contribution in [3.63, 3.8) is 0 Å². The van der Waals surface area contributed by atoms with Crippen LogP contribution in [0.5, 0.6) is 0 Å². The molecular weight excluding hydrogens is 323 g/mol. The fourth-order valence-corrected chi connectivity index (χ4v) is 2.47. The molecule has 0 saturated carbocycles. The average molecular weight is 345 g/mol. The number of rotatable bonds is 5. The van der Waals surface area contributed by atoms with Gasteiger partial charge in [-0.2, -0.15) is 0 Å². The molecule has 0 saturated heterocycles. The van der Waals surface area contributed by atoms with Crippen molar-refractivity contribution >= 4 is 38.0 Å². The van der Waals surface area contributed by atoms with E-state index in [0.717, 1.165) is 28.5 Å². The normalized spacial score (nSPS) is 12.3. The Labute approximate surface area is 130 Å². The summed E-state index contributed by atoms with van der Waals surface area (Å²) >= 11 is 8.98. The van der Waals surface area contributed by atoms with Gasteiger partial charge in [0.05, 0.1) is 0 Å². The topological polar surface area (TPSA) is 15.6 Å². The fraction of sp³-hybridized carbons (Fsp3) is 0.533. The van der Waals surface area contributed by atoms with Gasteiger partial charge in [0.25, 0.3) is 0 Å². The van der Waals surface area contributed by atoms with Gasteiger partial charge in [0.15, 0.2) is 0 Å². The van der Waals surface area contributed by atoms with Crippen LogP contribution in [0.15, 0.2) is 29.3 Å². The van der Waals surface area contributed by atoms with Crippen LogP contribution >= 0.6 is 11.6 Å². The number of amidine groups is 1. The van der Waals surface area contributed by atoms with Crippen molar-refractivity contribution < 1.29 is 0 Å². The van der Waals surface area contributed by atoms with Gasteiger partial charge in [0.1, 0.15) is 0 Å². The molecule has 2 nitrogen and oxygen atoms in total. The van der Waals surface area contributed by atoms with Crippen molar-refractivity contribution in [2.75, 3.05) is 13.1 Å². The summed E-state index contributed by atoms with van der Waals surface area (Å²) in [5.74, 6) is 1.23. The third kappa shape index (κ3) is 6.47. The van der Waals surface area contributed by atoms with E-state index >= 15 is 0 Å². The van der Waals surface area contributed by atoms with Crippen LogP contribution in [0.1, 0.15) is 27.7 Å². The molecule has 0 aliphatic carbocycles. The number of aliphatic imine (C=N–C) groups is 1. The Hall–Kier alpha value is -0.501. The molecule has 19 heavy (non-hydrogen) atoms. The maximum atomic E-state index is 5.88. The molecule has 1 rings (SSSR count). The first kappa shape index (κ1) is 16.6. The third-order valence-electron chi connectivity index (χ3n) is 2.49. The van der Waals surface area contributed by atoms with Gasteiger partial charge in [0.2, 0.25) is 0 Å². The molecule has 105 valence electrons. The van der Waals surface area contributed by atoms with Crippen molar-refractivity contribution in [2.24, 2.45) is 16.8 Å². The molecule has 1 aromatic rings. The van der Waals surface area contributed by atoms with Crippen LogP contribution in [-0.4, -0.2) is 38.7 Å². The van der Waals surface area contributed by atoms with Crippen LogP contribution < -0.4 is 0 Å². The van der Waals surface area contributed by atoms with Crippen LogP contribution in [0.3, 0.4) is 0 Å². The van der Waals surface area contributed by atoms with E-state index in [1.165, 1.54) is 0 Å². The Kier molecular flexibility index (Phi) is 6.91. The Bertz CT molecular complexity index is 403. The molecule has 0 fully saturated rings. The summed E-state index contributed by atoms with van der Waals surface area (Å²) in [5, 5.41) is 0.738. The number of nitrogens with zero attached hydrogens (tertiary/aromatic N) is 2. The van der Waals surface area contributed by atoms with Gasteiger partial charge in [-0.25, -0.2) is 0 Å². The molecule has 0 aliphatic heterocycles. The summed E-state index contributed by atoms with van der Waals surface area (Å²) in [6, 6.07) is 7.59. The van der Waals surface area contributed by atoms with Crippen molar-refractivity contribution in [3.05, 3.63) is 29.3 Å². The molecule has 4 heteroatoms. The first-order valence-corrected chi connectivity index (χ1v) is 7.88. The minimum absolute atomic E-state index is 0.613. The summed E-state index contributed by atoms with van der Waals surface area (Å²) in [5.41, 5.74) is 0.927. The number of hydrogen-bond donors (Lipinski definition) is 0. The summed E-state index contributed by atoms with van der Waals surface area (Å²) in [4.78, 5) is 6.94. The molecule has 1 aromatic carbocycles. The summed E-state index contributed by atoms with van der Waals surface area (Å²) in [6.45, 7) is 10.9. The molecule has 0 N–H and O–H groups in total. The van der Waals surface area contributed by atoms with Gasteiger partial charge >= 0.3 is 130 Å². The molecule has 0 bridgehead atoms. The summed E-state index contributed by atoms with van der Waals surface area (Å²) in [6.07, 6.45) is 0. The van der Waals surface area contributed by atoms with E-state index in [0.29, 0.717) is 11.8 Å². The standard InChI is InChI=1S/C15H22ClN2Se/c1-11(2)9-18(10-12(3)4)15(19)17-14-7-5-13(16)6-8-14/h5-8,11-12H,9-10H2,1-4H3. The number of hydrogen-bond acceptors (Lipinski definition) is 1. The van der Waals surface area contributed by atoms with Crippen molar-refractivity contribution in [2.45, 2.75) is 27.7 Å².